The van der Waals surface area contributed by atoms with E-state index in [0.717, 1.165) is 41.7 Å². The van der Waals surface area contributed by atoms with Crippen LogP contribution in [0, 0.1) is 6.92 Å². The van der Waals surface area contributed by atoms with Gasteiger partial charge in [0.15, 0.2) is 0 Å². The van der Waals surface area contributed by atoms with Crippen molar-refractivity contribution in [3.63, 3.8) is 0 Å². The number of para-hydroxylation sites is 1. The Morgan fingerprint density at radius 3 is 2.59 bits per heavy atom. The number of imidazole rings is 1. The maximum Gasteiger partial charge on any atom is 0.257 e. The molecule has 202 valence electrons. The fourth-order valence-electron chi connectivity index (χ4n) is 5.32. The van der Waals surface area contributed by atoms with Gasteiger partial charge in [0.2, 0.25) is 0 Å². The molecular formula is C32H36N4O3. The van der Waals surface area contributed by atoms with Gasteiger partial charge in [-0.1, -0.05) is 42.5 Å². The Morgan fingerprint density at radius 2 is 1.77 bits per heavy atom. The van der Waals surface area contributed by atoms with Crippen molar-refractivity contribution in [2.45, 2.75) is 45.6 Å². The van der Waals surface area contributed by atoms with E-state index in [1.54, 1.807) is 0 Å². The summed E-state index contributed by atoms with van der Waals surface area (Å²) < 4.78 is 6.38. The number of rotatable bonds is 4. The lowest BCUT2D eigenvalue weighted by Gasteiger charge is -2.32. The quantitative estimate of drug-likeness (QED) is 0.374. The summed E-state index contributed by atoms with van der Waals surface area (Å²) in [5.74, 6) is 1.34. The minimum atomic E-state index is -0.217. The molecule has 1 aliphatic heterocycles. The molecule has 7 heteroatoms. The second-order valence-corrected chi connectivity index (χ2v) is 10.1. The smallest absolute Gasteiger partial charge is 0.257 e. The van der Waals surface area contributed by atoms with Gasteiger partial charge in [0, 0.05) is 25.2 Å². The number of carbonyl (C=O) groups excluding carboxylic acids is 2. The molecule has 0 unspecified atom stereocenters. The number of aryl methyl sites for hydroxylation is 1. The van der Waals surface area contributed by atoms with Gasteiger partial charge in [-0.15, -0.1) is 0 Å². The number of nitrogens with one attached hydrogen (secondary N) is 1. The predicted molar refractivity (Wildman–Crippen MR) is 153 cm³/mol. The molecule has 0 saturated carbocycles. The van der Waals surface area contributed by atoms with Crippen molar-refractivity contribution in [1.82, 2.24) is 19.8 Å². The van der Waals surface area contributed by atoms with Crippen LogP contribution in [-0.4, -0.2) is 63.9 Å². The number of nitrogens with zero attached hydrogens (tertiary/aromatic N) is 3. The average molecular weight is 525 g/mol. The molecular weight excluding hydrogens is 488 g/mol. The highest BCUT2D eigenvalue weighted by atomic mass is 16.5. The zero-order valence-corrected chi connectivity index (χ0v) is 22.7. The van der Waals surface area contributed by atoms with E-state index in [-0.39, 0.29) is 24.5 Å². The Balaban J connectivity index is 1.50. The molecule has 1 N–H and O–H groups in total. The molecule has 0 saturated heterocycles. The van der Waals surface area contributed by atoms with Crippen molar-refractivity contribution in [1.29, 1.82) is 0 Å². The van der Waals surface area contributed by atoms with Gasteiger partial charge in [-0.3, -0.25) is 9.59 Å². The average Bonchev–Trinajstić information content (AvgIpc) is 3.34. The van der Waals surface area contributed by atoms with Gasteiger partial charge in [-0.05, 0) is 75.4 Å². The maximum absolute atomic E-state index is 14.1. The third-order valence-electron chi connectivity index (χ3n) is 7.41. The van der Waals surface area contributed by atoms with E-state index in [0.29, 0.717) is 42.9 Å². The van der Waals surface area contributed by atoms with E-state index in [9.17, 15) is 9.59 Å². The van der Waals surface area contributed by atoms with E-state index < -0.39 is 0 Å². The third kappa shape index (κ3) is 6.14. The zero-order chi connectivity index (χ0) is 27.2. The van der Waals surface area contributed by atoms with E-state index >= 15 is 0 Å². The predicted octanol–water partition coefficient (Wildman–Crippen LogP) is 5.65. The number of aromatic nitrogens is 2. The van der Waals surface area contributed by atoms with Crippen LogP contribution in [0.1, 0.15) is 58.3 Å². The highest BCUT2D eigenvalue weighted by molar-refractivity contribution is 5.98. The topological polar surface area (TPSA) is 78.5 Å². The number of hydrogen-bond acceptors (Lipinski definition) is 4. The summed E-state index contributed by atoms with van der Waals surface area (Å²) in [7, 11) is 0. The summed E-state index contributed by atoms with van der Waals surface area (Å²) in [5.41, 5.74) is 4.03. The standard InChI is InChI=1S/C32H36N4O3/c1-3-35-18-10-5-11-19-36(31(37)25-16-17-28-29(21-25)34-23(2)33-28)26(20-24-12-6-4-7-13-24)22-39-30-15-9-8-14-27(30)32(35)38/h4,6-9,12-17,21,26H,3,5,10-11,18-20,22H2,1-2H3,(H,33,34)/t26-/m0/s1. The summed E-state index contributed by atoms with van der Waals surface area (Å²) in [6.07, 6.45) is 3.30. The van der Waals surface area contributed by atoms with Crippen molar-refractivity contribution >= 4 is 22.8 Å². The van der Waals surface area contributed by atoms with E-state index in [1.165, 1.54) is 0 Å². The van der Waals surface area contributed by atoms with Crippen LogP contribution in [0.5, 0.6) is 5.75 Å². The van der Waals surface area contributed by atoms with Crippen LogP contribution in [0.25, 0.3) is 11.0 Å². The number of amides is 2. The first-order valence-corrected chi connectivity index (χ1v) is 13.9. The Labute approximate surface area is 229 Å². The van der Waals surface area contributed by atoms with Gasteiger partial charge in [0.05, 0.1) is 22.6 Å². The van der Waals surface area contributed by atoms with Crippen molar-refractivity contribution in [2.75, 3.05) is 26.2 Å². The summed E-state index contributed by atoms with van der Waals surface area (Å²) >= 11 is 0. The monoisotopic (exact) mass is 524 g/mol. The SMILES string of the molecule is CCN1CCCCCN(C(=O)c2ccc3nc(C)[nH]c3c2)[C@@H](Cc2ccccc2)COc2ccccc2C1=O. The minimum absolute atomic E-state index is 0.0111. The number of H-pyrrole nitrogens is 1. The van der Waals surface area contributed by atoms with Crippen molar-refractivity contribution < 1.29 is 14.3 Å². The molecule has 2 heterocycles. The molecule has 0 bridgehead atoms. The molecule has 0 fully saturated rings. The van der Waals surface area contributed by atoms with E-state index in [4.69, 9.17) is 4.74 Å². The first-order valence-electron chi connectivity index (χ1n) is 13.9. The van der Waals surface area contributed by atoms with Crippen molar-refractivity contribution in [2.24, 2.45) is 0 Å². The van der Waals surface area contributed by atoms with Crippen LogP contribution < -0.4 is 4.74 Å². The van der Waals surface area contributed by atoms with E-state index in [1.807, 2.05) is 84.3 Å². The molecule has 7 nitrogen and oxygen atoms in total. The molecule has 39 heavy (non-hydrogen) atoms. The Bertz CT molecular complexity index is 1430. The number of carbonyl (C=O) groups is 2. The van der Waals surface area contributed by atoms with Crippen molar-refractivity contribution in [3.8, 4) is 5.75 Å². The maximum atomic E-state index is 14.1. The van der Waals surface area contributed by atoms with Gasteiger partial charge >= 0.3 is 0 Å². The second kappa shape index (κ2) is 12.2. The lowest BCUT2D eigenvalue weighted by atomic mass is 10.0. The highest BCUT2D eigenvalue weighted by Gasteiger charge is 2.28. The molecule has 0 aliphatic carbocycles. The zero-order valence-electron chi connectivity index (χ0n) is 22.7. The summed E-state index contributed by atoms with van der Waals surface area (Å²) in [5, 5.41) is 0. The van der Waals surface area contributed by atoms with Crippen LogP contribution in [0.4, 0.5) is 0 Å². The summed E-state index contributed by atoms with van der Waals surface area (Å²) in [6.45, 7) is 6.14. The molecule has 1 atom stereocenters. The highest BCUT2D eigenvalue weighted by Crippen LogP contribution is 2.24. The first kappa shape index (κ1) is 26.5. The fraction of sp³-hybridized carbons (Fsp3) is 0.344. The summed E-state index contributed by atoms with van der Waals surface area (Å²) in [4.78, 5) is 39.1. The Morgan fingerprint density at radius 1 is 1.00 bits per heavy atom. The number of fused-ring (bicyclic) bond motifs is 2. The van der Waals surface area contributed by atoms with Crippen LogP contribution in [-0.2, 0) is 6.42 Å². The summed E-state index contributed by atoms with van der Waals surface area (Å²) in [6, 6.07) is 23.1. The van der Waals surface area contributed by atoms with Crippen LogP contribution in [0.3, 0.4) is 0 Å². The van der Waals surface area contributed by atoms with Gasteiger partial charge < -0.3 is 19.5 Å². The molecule has 5 rings (SSSR count). The number of aromatic amines is 1. The second-order valence-electron chi connectivity index (χ2n) is 10.1. The largest absolute Gasteiger partial charge is 0.491 e. The molecule has 2 amide bonds. The molecule has 0 spiro atoms. The molecule has 1 aliphatic rings. The number of hydrogen-bond donors (Lipinski definition) is 1. The van der Waals surface area contributed by atoms with Gasteiger partial charge in [0.1, 0.15) is 18.2 Å². The van der Waals surface area contributed by atoms with E-state index in [2.05, 4.69) is 22.1 Å². The van der Waals surface area contributed by atoms with Gasteiger partial charge in [-0.25, -0.2) is 4.98 Å². The molecule has 0 radical (unpaired) electrons. The minimum Gasteiger partial charge on any atom is -0.491 e. The molecule has 1 aromatic heterocycles. The van der Waals surface area contributed by atoms with Gasteiger partial charge in [-0.2, -0.15) is 0 Å². The van der Waals surface area contributed by atoms with Crippen molar-refractivity contribution in [3.05, 3.63) is 95.3 Å². The lowest BCUT2D eigenvalue weighted by Crippen LogP contribution is -2.45. The lowest BCUT2D eigenvalue weighted by molar-refractivity contribution is 0.0605. The third-order valence-corrected chi connectivity index (χ3v) is 7.41. The first-order chi connectivity index (χ1) is 19.0. The Kier molecular flexibility index (Phi) is 8.25. The number of ether oxygens (including phenoxy) is 1. The normalized spacial score (nSPS) is 17.1. The molecule has 4 aromatic rings. The van der Waals surface area contributed by atoms with Crippen LogP contribution >= 0.6 is 0 Å². The van der Waals surface area contributed by atoms with Crippen LogP contribution in [0.15, 0.2) is 72.8 Å². The Hall–Kier alpha value is -4.13. The molecule has 3 aromatic carbocycles. The van der Waals surface area contributed by atoms with Gasteiger partial charge in [0.25, 0.3) is 11.8 Å². The number of benzene rings is 3. The fourth-order valence-corrected chi connectivity index (χ4v) is 5.32. The van der Waals surface area contributed by atoms with Crippen LogP contribution in [0.2, 0.25) is 0 Å².